The Kier molecular flexibility index (Phi) is 4.56. The Labute approximate surface area is 103 Å². The second-order valence-corrected chi connectivity index (χ2v) is 4.45. The molecule has 0 radical (unpaired) electrons. The van der Waals surface area contributed by atoms with Gasteiger partial charge in [-0.1, -0.05) is 6.92 Å². The van der Waals surface area contributed by atoms with E-state index in [9.17, 15) is 4.79 Å². The maximum atomic E-state index is 11.5. The third-order valence-corrected chi connectivity index (χ3v) is 2.99. The predicted molar refractivity (Wildman–Crippen MR) is 65.9 cm³/mol. The molecule has 0 unspecified atom stereocenters. The molecule has 1 aromatic heterocycles. The smallest absolute Gasteiger partial charge is 0.359 e. The monoisotopic (exact) mass is 322 g/mol. The zero-order valence-electron chi connectivity index (χ0n) is 9.16. The number of hydrogen-bond acceptors (Lipinski definition) is 3. The van der Waals surface area contributed by atoms with E-state index in [-0.39, 0.29) is 5.97 Å². The molecular weight excluding hydrogens is 307 g/mol. The molecule has 0 saturated heterocycles. The highest BCUT2D eigenvalue weighted by molar-refractivity contribution is 14.1. The van der Waals surface area contributed by atoms with Gasteiger partial charge in [-0.3, -0.25) is 4.68 Å². The SMILES string of the molecule is CCOC(=O)c1nn([C@H](C)CC)cc1I. The van der Waals surface area contributed by atoms with E-state index in [1.165, 1.54) is 0 Å². The Hall–Kier alpha value is -0.590. The number of nitrogens with zero attached hydrogens (tertiary/aromatic N) is 2. The van der Waals surface area contributed by atoms with Crippen LogP contribution in [0.3, 0.4) is 0 Å². The zero-order valence-corrected chi connectivity index (χ0v) is 11.3. The lowest BCUT2D eigenvalue weighted by molar-refractivity contribution is 0.0517. The molecule has 0 aliphatic rings. The first-order valence-electron chi connectivity index (χ1n) is 5.01. The van der Waals surface area contributed by atoms with Crippen molar-refractivity contribution in [1.29, 1.82) is 0 Å². The van der Waals surface area contributed by atoms with Crippen LogP contribution < -0.4 is 0 Å². The van der Waals surface area contributed by atoms with Crippen LogP contribution in [0, 0.1) is 3.57 Å². The number of ether oxygens (including phenoxy) is 1. The minimum absolute atomic E-state index is 0.307. The van der Waals surface area contributed by atoms with Crippen LogP contribution in [-0.2, 0) is 4.74 Å². The van der Waals surface area contributed by atoms with Gasteiger partial charge in [-0.05, 0) is 42.9 Å². The Morgan fingerprint density at radius 1 is 1.67 bits per heavy atom. The molecule has 1 rings (SSSR count). The van der Waals surface area contributed by atoms with Crippen LogP contribution in [0.1, 0.15) is 43.7 Å². The fourth-order valence-electron chi connectivity index (χ4n) is 1.12. The van der Waals surface area contributed by atoms with Gasteiger partial charge in [0.05, 0.1) is 10.2 Å². The first kappa shape index (κ1) is 12.5. The van der Waals surface area contributed by atoms with Gasteiger partial charge in [0.15, 0.2) is 5.69 Å². The van der Waals surface area contributed by atoms with E-state index in [0.717, 1.165) is 9.99 Å². The van der Waals surface area contributed by atoms with Crippen LogP contribution in [0.15, 0.2) is 6.20 Å². The van der Waals surface area contributed by atoms with Crippen molar-refractivity contribution in [2.45, 2.75) is 33.2 Å². The number of esters is 1. The van der Waals surface area contributed by atoms with E-state index >= 15 is 0 Å². The molecule has 0 fully saturated rings. The summed E-state index contributed by atoms with van der Waals surface area (Å²) in [6, 6.07) is 0.307. The van der Waals surface area contributed by atoms with Gasteiger partial charge >= 0.3 is 5.97 Å². The lowest BCUT2D eigenvalue weighted by atomic mass is 10.3. The fourth-order valence-corrected chi connectivity index (χ4v) is 1.73. The van der Waals surface area contributed by atoms with E-state index in [0.29, 0.717) is 18.3 Å². The van der Waals surface area contributed by atoms with Crippen LogP contribution in [0.2, 0.25) is 0 Å². The molecule has 0 bridgehead atoms. The summed E-state index contributed by atoms with van der Waals surface area (Å²) in [5.74, 6) is -0.344. The van der Waals surface area contributed by atoms with Crippen LogP contribution in [-0.4, -0.2) is 22.4 Å². The number of aromatic nitrogens is 2. The third-order valence-electron chi connectivity index (χ3n) is 2.20. The van der Waals surface area contributed by atoms with Gasteiger partial charge in [0, 0.05) is 12.2 Å². The van der Waals surface area contributed by atoms with Crippen molar-refractivity contribution >= 4 is 28.6 Å². The maximum Gasteiger partial charge on any atom is 0.359 e. The topological polar surface area (TPSA) is 44.1 Å². The second kappa shape index (κ2) is 5.48. The summed E-state index contributed by atoms with van der Waals surface area (Å²) in [5.41, 5.74) is 0.415. The van der Waals surface area contributed by atoms with Gasteiger partial charge in [0.1, 0.15) is 0 Å². The number of hydrogen-bond donors (Lipinski definition) is 0. The number of carbonyl (C=O) groups is 1. The van der Waals surface area contributed by atoms with Crippen molar-refractivity contribution in [3.63, 3.8) is 0 Å². The molecule has 1 atom stereocenters. The molecule has 15 heavy (non-hydrogen) atoms. The van der Waals surface area contributed by atoms with E-state index in [1.807, 2.05) is 10.9 Å². The van der Waals surface area contributed by atoms with E-state index in [4.69, 9.17) is 4.74 Å². The number of halogens is 1. The molecule has 84 valence electrons. The molecule has 0 spiro atoms. The summed E-state index contributed by atoms with van der Waals surface area (Å²) in [5, 5.41) is 4.23. The molecule has 0 aliphatic carbocycles. The normalized spacial score (nSPS) is 12.5. The Morgan fingerprint density at radius 3 is 2.87 bits per heavy atom. The summed E-state index contributed by atoms with van der Waals surface area (Å²) in [6.45, 7) is 6.32. The first-order chi connectivity index (χ1) is 7.10. The lowest BCUT2D eigenvalue weighted by Gasteiger charge is -2.07. The molecule has 0 aromatic carbocycles. The van der Waals surface area contributed by atoms with Crippen molar-refractivity contribution in [1.82, 2.24) is 9.78 Å². The lowest BCUT2D eigenvalue weighted by Crippen LogP contribution is -2.09. The van der Waals surface area contributed by atoms with Crippen molar-refractivity contribution in [3.8, 4) is 0 Å². The van der Waals surface area contributed by atoms with Crippen LogP contribution in [0.4, 0.5) is 0 Å². The minimum atomic E-state index is -0.344. The molecule has 0 aliphatic heterocycles. The number of carbonyl (C=O) groups excluding carboxylic acids is 1. The molecule has 0 saturated carbocycles. The van der Waals surface area contributed by atoms with Gasteiger partial charge in [0.2, 0.25) is 0 Å². The van der Waals surface area contributed by atoms with E-state index in [1.54, 1.807) is 6.92 Å². The van der Waals surface area contributed by atoms with Crippen LogP contribution >= 0.6 is 22.6 Å². The van der Waals surface area contributed by atoms with Gasteiger partial charge in [-0.15, -0.1) is 0 Å². The Bertz CT molecular complexity index is 349. The molecule has 5 heteroatoms. The molecular formula is C10H15IN2O2. The van der Waals surface area contributed by atoms with Gasteiger partial charge < -0.3 is 4.74 Å². The van der Waals surface area contributed by atoms with Gasteiger partial charge in [-0.25, -0.2) is 4.79 Å². The zero-order chi connectivity index (χ0) is 11.4. The average Bonchev–Trinajstić information content (AvgIpc) is 2.59. The minimum Gasteiger partial charge on any atom is -0.461 e. The van der Waals surface area contributed by atoms with Crippen molar-refractivity contribution in [2.75, 3.05) is 6.61 Å². The summed E-state index contributed by atoms with van der Waals surface area (Å²) in [7, 11) is 0. The van der Waals surface area contributed by atoms with Gasteiger partial charge in [-0.2, -0.15) is 5.10 Å². The molecule has 0 N–H and O–H groups in total. The van der Waals surface area contributed by atoms with E-state index in [2.05, 4.69) is 41.5 Å². The first-order valence-corrected chi connectivity index (χ1v) is 6.09. The highest BCUT2D eigenvalue weighted by Gasteiger charge is 2.17. The van der Waals surface area contributed by atoms with Crippen molar-refractivity contribution < 1.29 is 9.53 Å². The quantitative estimate of drug-likeness (QED) is 0.632. The molecule has 4 nitrogen and oxygen atoms in total. The third kappa shape index (κ3) is 2.93. The summed E-state index contributed by atoms with van der Waals surface area (Å²) >= 11 is 2.10. The predicted octanol–water partition coefficient (Wildman–Crippen LogP) is 2.64. The molecule has 0 amide bonds. The number of rotatable bonds is 4. The molecule has 1 heterocycles. The summed E-state index contributed by atoms with van der Waals surface area (Å²) in [6.07, 6.45) is 2.86. The van der Waals surface area contributed by atoms with E-state index < -0.39 is 0 Å². The highest BCUT2D eigenvalue weighted by Crippen LogP contribution is 2.16. The van der Waals surface area contributed by atoms with Gasteiger partial charge in [0.25, 0.3) is 0 Å². The Morgan fingerprint density at radius 2 is 2.33 bits per heavy atom. The van der Waals surface area contributed by atoms with Crippen LogP contribution in [0.25, 0.3) is 0 Å². The van der Waals surface area contributed by atoms with Crippen LogP contribution in [0.5, 0.6) is 0 Å². The maximum absolute atomic E-state index is 11.5. The fraction of sp³-hybridized carbons (Fsp3) is 0.600. The standard InChI is InChI=1S/C10H15IN2O2/c1-4-7(3)13-6-8(11)9(12-13)10(14)15-5-2/h6-7H,4-5H2,1-3H3/t7-/m1/s1. The molecule has 1 aromatic rings. The van der Waals surface area contributed by atoms with Crippen molar-refractivity contribution in [3.05, 3.63) is 15.5 Å². The highest BCUT2D eigenvalue weighted by atomic mass is 127. The Balaban J connectivity index is 2.90. The second-order valence-electron chi connectivity index (χ2n) is 3.28. The largest absolute Gasteiger partial charge is 0.461 e. The van der Waals surface area contributed by atoms with Crippen molar-refractivity contribution in [2.24, 2.45) is 0 Å². The summed E-state index contributed by atoms with van der Waals surface area (Å²) in [4.78, 5) is 11.5. The summed E-state index contributed by atoms with van der Waals surface area (Å²) < 4.78 is 7.57. The average molecular weight is 322 g/mol.